The molecule has 8 heteroatoms. The van der Waals surface area contributed by atoms with Gasteiger partial charge in [-0.2, -0.15) is 0 Å². The van der Waals surface area contributed by atoms with Crippen LogP contribution in [0, 0.1) is 12.8 Å². The molecule has 4 rings (SSSR count). The number of ether oxygens (including phenoxy) is 1. The van der Waals surface area contributed by atoms with Gasteiger partial charge in [0.2, 0.25) is 5.91 Å². The normalized spacial score (nSPS) is 23.4. The van der Waals surface area contributed by atoms with Crippen molar-refractivity contribution in [3.63, 3.8) is 0 Å². The zero-order valence-electron chi connectivity index (χ0n) is 21.2. The van der Waals surface area contributed by atoms with Crippen LogP contribution in [-0.2, 0) is 16.1 Å². The van der Waals surface area contributed by atoms with Gasteiger partial charge in [0.05, 0.1) is 6.04 Å². The lowest BCUT2D eigenvalue weighted by Gasteiger charge is -2.37. The van der Waals surface area contributed by atoms with E-state index in [0.717, 1.165) is 17.5 Å². The van der Waals surface area contributed by atoms with Crippen LogP contribution < -0.4 is 10.5 Å². The number of hydrogen-bond donors (Lipinski definition) is 1. The molecule has 0 aromatic heterocycles. The first kappa shape index (κ1) is 28.1. The highest BCUT2D eigenvalue weighted by molar-refractivity contribution is 5.85. The zero-order chi connectivity index (χ0) is 25.1. The molecule has 0 radical (unpaired) electrons. The van der Waals surface area contributed by atoms with Crippen molar-refractivity contribution in [2.75, 3.05) is 19.6 Å². The van der Waals surface area contributed by atoms with E-state index in [-0.39, 0.29) is 42.7 Å². The number of hydrogen-bond acceptors (Lipinski definition) is 5. The topological polar surface area (TPSA) is 75.9 Å². The molecule has 2 aliphatic heterocycles. The van der Waals surface area contributed by atoms with Crippen LogP contribution in [0.4, 0.5) is 4.39 Å². The maximum atomic E-state index is 15.3. The second-order valence-electron chi connectivity index (χ2n) is 10.2. The van der Waals surface area contributed by atoms with E-state index in [1.165, 1.54) is 5.56 Å². The van der Waals surface area contributed by atoms with E-state index in [2.05, 4.69) is 24.3 Å². The molecular formula is C28H37ClFN3O3. The number of rotatable bonds is 7. The summed E-state index contributed by atoms with van der Waals surface area (Å²) in [6.45, 7) is 8.01. The number of nitrogens with zero attached hydrogens (tertiary/aromatic N) is 2. The van der Waals surface area contributed by atoms with Gasteiger partial charge in [-0.05, 0) is 55.5 Å². The summed E-state index contributed by atoms with van der Waals surface area (Å²) >= 11 is 0. The van der Waals surface area contributed by atoms with Crippen molar-refractivity contribution in [2.24, 2.45) is 11.7 Å². The quantitative estimate of drug-likeness (QED) is 0.439. The number of alkyl halides is 1. The molecule has 2 unspecified atom stereocenters. The largest absolute Gasteiger partial charge is 0.425 e. The number of carbonyl (C=O) groups excluding carboxylic acids is 2. The molecule has 2 aromatic rings. The Balaban J connectivity index is 0.00000361. The highest BCUT2D eigenvalue weighted by Gasteiger charge is 2.40. The lowest BCUT2D eigenvalue weighted by molar-refractivity contribution is -0.137. The number of amides is 1. The van der Waals surface area contributed by atoms with E-state index in [4.69, 9.17) is 10.5 Å². The van der Waals surface area contributed by atoms with E-state index in [1.54, 1.807) is 12.1 Å². The van der Waals surface area contributed by atoms with Gasteiger partial charge < -0.3 is 15.4 Å². The average Bonchev–Trinajstić information content (AvgIpc) is 3.20. The van der Waals surface area contributed by atoms with Gasteiger partial charge in [0, 0.05) is 25.6 Å². The molecule has 2 heterocycles. The third kappa shape index (κ3) is 6.44. The van der Waals surface area contributed by atoms with Crippen LogP contribution in [-0.4, -0.2) is 59.6 Å². The Morgan fingerprint density at radius 2 is 1.75 bits per heavy atom. The summed E-state index contributed by atoms with van der Waals surface area (Å²) < 4.78 is 20.6. The fourth-order valence-corrected chi connectivity index (χ4v) is 4.96. The van der Waals surface area contributed by atoms with E-state index in [1.807, 2.05) is 42.7 Å². The highest BCUT2D eigenvalue weighted by Crippen LogP contribution is 2.34. The van der Waals surface area contributed by atoms with Crippen molar-refractivity contribution in [1.82, 2.24) is 9.80 Å². The Morgan fingerprint density at radius 1 is 1.08 bits per heavy atom. The lowest BCUT2D eigenvalue weighted by Crippen LogP contribution is -2.49. The zero-order valence-corrected chi connectivity index (χ0v) is 22.0. The van der Waals surface area contributed by atoms with Crippen molar-refractivity contribution in [3.05, 3.63) is 65.2 Å². The van der Waals surface area contributed by atoms with Gasteiger partial charge in [0.15, 0.2) is 0 Å². The Bertz CT molecular complexity index is 1030. The summed E-state index contributed by atoms with van der Waals surface area (Å²) in [5, 5.41) is 0. The maximum absolute atomic E-state index is 15.3. The molecule has 196 valence electrons. The minimum Gasteiger partial charge on any atom is -0.425 e. The Kier molecular flexibility index (Phi) is 9.50. The number of piperidine rings is 1. The molecule has 0 bridgehead atoms. The fraction of sp³-hybridized carbons (Fsp3) is 0.500. The lowest BCUT2D eigenvalue weighted by atomic mass is 9.87. The predicted octanol–water partition coefficient (Wildman–Crippen LogP) is 4.23. The minimum atomic E-state index is -1.06. The van der Waals surface area contributed by atoms with Gasteiger partial charge in [-0.15, -0.1) is 12.4 Å². The maximum Gasteiger partial charge on any atom is 0.328 e. The Hall–Kier alpha value is -2.48. The third-order valence-electron chi connectivity index (χ3n) is 7.29. The predicted molar refractivity (Wildman–Crippen MR) is 141 cm³/mol. The van der Waals surface area contributed by atoms with Crippen molar-refractivity contribution in [2.45, 2.75) is 64.3 Å². The van der Waals surface area contributed by atoms with Gasteiger partial charge in [0.1, 0.15) is 18.0 Å². The first-order valence-electron chi connectivity index (χ1n) is 12.5. The van der Waals surface area contributed by atoms with Crippen molar-refractivity contribution >= 4 is 24.3 Å². The van der Waals surface area contributed by atoms with Crippen molar-refractivity contribution in [3.8, 4) is 5.75 Å². The van der Waals surface area contributed by atoms with Crippen LogP contribution in [0.2, 0.25) is 0 Å². The Labute approximate surface area is 219 Å². The van der Waals surface area contributed by atoms with Crippen LogP contribution in [0.25, 0.3) is 0 Å². The number of esters is 1. The number of nitrogens with two attached hydrogens (primary N) is 1. The van der Waals surface area contributed by atoms with E-state index in [9.17, 15) is 9.59 Å². The molecule has 2 fully saturated rings. The molecule has 2 aromatic carbocycles. The van der Waals surface area contributed by atoms with E-state index >= 15 is 4.39 Å². The summed E-state index contributed by atoms with van der Waals surface area (Å²) in [6, 6.07) is 14.3. The molecule has 2 N–H and O–H groups in total. The molecule has 0 aliphatic carbocycles. The SMILES string of the molecule is Cc1ccc(CN2CCC(N3CC[C@@H](c4ccc(OC(=O)C(N)C(C)C)cc4)[C@H](F)C3)C2=O)cc1.Cl. The van der Waals surface area contributed by atoms with Gasteiger partial charge in [-0.1, -0.05) is 55.8 Å². The molecular weight excluding hydrogens is 481 g/mol. The number of aryl methyl sites for hydroxylation is 1. The summed E-state index contributed by atoms with van der Waals surface area (Å²) in [7, 11) is 0. The Morgan fingerprint density at radius 3 is 2.36 bits per heavy atom. The first-order chi connectivity index (χ1) is 16.7. The number of benzene rings is 2. The van der Waals surface area contributed by atoms with E-state index < -0.39 is 18.2 Å². The summed E-state index contributed by atoms with van der Waals surface area (Å²) in [6.07, 6.45) is 0.312. The van der Waals surface area contributed by atoms with Gasteiger partial charge in [0.25, 0.3) is 0 Å². The van der Waals surface area contributed by atoms with Crippen LogP contribution in [0.15, 0.2) is 48.5 Å². The van der Waals surface area contributed by atoms with Crippen molar-refractivity contribution < 1.29 is 18.7 Å². The average molecular weight is 518 g/mol. The highest BCUT2D eigenvalue weighted by atomic mass is 35.5. The van der Waals surface area contributed by atoms with Crippen LogP contribution in [0.3, 0.4) is 0 Å². The van der Waals surface area contributed by atoms with Crippen LogP contribution in [0.1, 0.15) is 49.3 Å². The molecule has 2 saturated heterocycles. The molecule has 0 saturated carbocycles. The second-order valence-corrected chi connectivity index (χ2v) is 10.2. The van der Waals surface area contributed by atoms with Crippen LogP contribution in [0.5, 0.6) is 5.75 Å². The molecule has 1 amide bonds. The van der Waals surface area contributed by atoms with Crippen LogP contribution >= 0.6 is 12.4 Å². The van der Waals surface area contributed by atoms with Crippen molar-refractivity contribution in [1.29, 1.82) is 0 Å². The third-order valence-corrected chi connectivity index (χ3v) is 7.29. The molecule has 2 aliphatic rings. The fourth-order valence-electron chi connectivity index (χ4n) is 4.96. The van der Waals surface area contributed by atoms with Gasteiger partial charge in [-0.25, -0.2) is 9.18 Å². The second kappa shape index (κ2) is 12.2. The first-order valence-corrected chi connectivity index (χ1v) is 12.5. The smallest absolute Gasteiger partial charge is 0.328 e. The summed E-state index contributed by atoms with van der Waals surface area (Å²) in [5.74, 6) is -0.216. The number of carbonyl (C=O) groups is 2. The molecule has 0 spiro atoms. The molecule has 4 atom stereocenters. The number of halogens is 2. The summed E-state index contributed by atoms with van der Waals surface area (Å²) in [4.78, 5) is 29.0. The van der Waals surface area contributed by atoms with Gasteiger partial charge >= 0.3 is 5.97 Å². The number of likely N-dealkylation sites (tertiary alicyclic amines) is 2. The molecule has 36 heavy (non-hydrogen) atoms. The monoisotopic (exact) mass is 517 g/mol. The minimum absolute atomic E-state index is 0. The summed E-state index contributed by atoms with van der Waals surface area (Å²) in [5.41, 5.74) is 9.04. The van der Waals surface area contributed by atoms with E-state index in [0.29, 0.717) is 31.8 Å². The standard InChI is InChI=1S/C28H36FN3O3.ClH/c1-18(2)26(30)28(34)35-22-10-8-21(9-11-22)23-12-14-31(17-24(23)29)25-13-15-32(27(25)33)16-20-6-4-19(3)5-7-20;/h4-11,18,23-26H,12-17,30H2,1-3H3;1H/t23-,24+,25?,26?;/m0./s1. The van der Waals surface area contributed by atoms with Gasteiger partial charge in [-0.3, -0.25) is 9.69 Å². The molecule has 6 nitrogen and oxygen atoms in total.